The van der Waals surface area contributed by atoms with Crippen LogP contribution in [0.4, 0.5) is 0 Å². The minimum absolute atomic E-state index is 0.112. The number of pyridine rings is 1. The molecule has 2 aliphatic rings. The van der Waals surface area contributed by atoms with Gasteiger partial charge >= 0.3 is 0 Å². The van der Waals surface area contributed by atoms with Gasteiger partial charge in [-0.2, -0.15) is 5.10 Å². The first-order valence-electron chi connectivity index (χ1n) is 10.7. The van der Waals surface area contributed by atoms with Gasteiger partial charge in [0.1, 0.15) is 5.69 Å². The average molecular weight is 397 g/mol. The van der Waals surface area contributed by atoms with Gasteiger partial charge in [0.2, 0.25) is 0 Å². The van der Waals surface area contributed by atoms with Crippen LogP contribution in [-0.2, 0) is 13.5 Å². The van der Waals surface area contributed by atoms with Crippen molar-refractivity contribution in [1.29, 1.82) is 0 Å². The van der Waals surface area contributed by atoms with Crippen molar-refractivity contribution in [3.05, 3.63) is 46.5 Å². The van der Waals surface area contributed by atoms with Crippen molar-refractivity contribution in [3.63, 3.8) is 0 Å². The first-order valence-corrected chi connectivity index (χ1v) is 10.7. The Bertz CT molecular complexity index is 891. The predicted molar refractivity (Wildman–Crippen MR) is 113 cm³/mol. The fraction of sp³-hybridized carbons (Fsp3) is 0.591. The Kier molecular flexibility index (Phi) is 5.69. The lowest BCUT2D eigenvalue weighted by Crippen LogP contribution is -2.55. The number of piperidine rings is 1. The Morgan fingerprint density at radius 1 is 1.31 bits per heavy atom. The summed E-state index contributed by atoms with van der Waals surface area (Å²) in [6, 6.07) is 2.46. The highest BCUT2D eigenvalue weighted by Crippen LogP contribution is 2.33. The summed E-state index contributed by atoms with van der Waals surface area (Å²) in [5.74, 6) is 0.427. The van der Waals surface area contributed by atoms with E-state index >= 15 is 0 Å². The molecule has 2 aliphatic heterocycles. The van der Waals surface area contributed by atoms with Crippen molar-refractivity contribution in [3.8, 4) is 0 Å². The molecule has 0 spiro atoms. The van der Waals surface area contributed by atoms with E-state index in [1.165, 1.54) is 11.1 Å². The molecule has 156 valence electrons. The molecule has 3 atom stereocenters. The largest absolute Gasteiger partial charge is 0.333 e. The zero-order valence-electron chi connectivity index (χ0n) is 17.9. The lowest BCUT2D eigenvalue weighted by molar-refractivity contribution is 0.0538. The maximum absolute atomic E-state index is 13.7. The quantitative estimate of drug-likeness (QED) is 0.829. The Morgan fingerprint density at radius 3 is 2.86 bits per heavy atom. The number of hydrazine groups is 1. The number of hydrogen-bond donors (Lipinski definition) is 2. The lowest BCUT2D eigenvalue weighted by Gasteiger charge is -2.41. The number of hydrogen-bond acceptors (Lipinski definition) is 5. The van der Waals surface area contributed by atoms with E-state index in [1.807, 2.05) is 26.4 Å². The SMILES string of the molecule is CCc1nn(C)c(C(=O)N2CCCCC2C2NNCC2c2ccncc2C)c1C. The van der Waals surface area contributed by atoms with Crippen molar-refractivity contribution in [2.75, 3.05) is 13.1 Å². The Balaban J connectivity index is 1.65. The first-order chi connectivity index (χ1) is 14.0. The molecule has 7 nitrogen and oxygen atoms in total. The standard InChI is InChI=1S/C22H32N6O/c1-5-18-15(3)21(27(4)26-18)22(29)28-11-7-6-8-19(28)20-17(13-24-25-20)16-9-10-23-12-14(16)2/h9-10,12,17,19-20,24-25H,5-8,11,13H2,1-4H3. The van der Waals surface area contributed by atoms with Crippen LogP contribution in [0.25, 0.3) is 0 Å². The average Bonchev–Trinajstić information content (AvgIpc) is 3.32. The number of amides is 1. The maximum atomic E-state index is 13.7. The molecule has 4 rings (SSSR count). The van der Waals surface area contributed by atoms with Gasteiger partial charge in [0, 0.05) is 56.1 Å². The molecular formula is C22H32N6O. The van der Waals surface area contributed by atoms with E-state index in [9.17, 15) is 4.79 Å². The number of carbonyl (C=O) groups is 1. The second-order valence-electron chi connectivity index (χ2n) is 8.35. The van der Waals surface area contributed by atoms with Crippen LogP contribution < -0.4 is 10.9 Å². The topological polar surface area (TPSA) is 75.1 Å². The molecule has 0 radical (unpaired) electrons. The summed E-state index contributed by atoms with van der Waals surface area (Å²) in [5, 5.41) is 4.58. The van der Waals surface area contributed by atoms with E-state index in [1.54, 1.807) is 4.68 Å². The number of nitrogens with zero attached hydrogens (tertiary/aromatic N) is 4. The van der Waals surface area contributed by atoms with Crippen LogP contribution in [0.1, 0.15) is 65.0 Å². The minimum Gasteiger partial charge on any atom is -0.333 e. The Morgan fingerprint density at radius 2 is 2.14 bits per heavy atom. The molecule has 3 unspecified atom stereocenters. The summed E-state index contributed by atoms with van der Waals surface area (Å²) in [5.41, 5.74) is 12.1. The summed E-state index contributed by atoms with van der Waals surface area (Å²) >= 11 is 0. The monoisotopic (exact) mass is 396 g/mol. The summed E-state index contributed by atoms with van der Waals surface area (Å²) in [4.78, 5) is 20.0. The van der Waals surface area contributed by atoms with Crippen molar-refractivity contribution >= 4 is 5.91 Å². The van der Waals surface area contributed by atoms with E-state index < -0.39 is 0 Å². The Labute approximate surface area is 172 Å². The van der Waals surface area contributed by atoms with E-state index in [0.717, 1.165) is 55.7 Å². The molecule has 2 fully saturated rings. The highest BCUT2D eigenvalue weighted by molar-refractivity contribution is 5.94. The van der Waals surface area contributed by atoms with Gasteiger partial charge in [-0.15, -0.1) is 0 Å². The van der Waals surface area contributed by atoms with Gasteiger partial charge in [-0.05, 0) is 56.7 Å². The summed E-state index contributed by atoms with van der Waals surface area (Å²) < 4.78 is 1.77. The number of nitrogens with one attached hydrogen (secondary N) is 2. The third-order valence-electron chi connectivity index (χ3n) is 6.63. The van der Waals surface area contributed by atoms with E-state index in [0.29, 0.717) is 5.92 Å². The number of aromatic nitrogens is 3. The molecule has 1 amide bonds. The number of aryl methyl sites for hydroxylation is 3. The van der Waals surface area contributed by atoms with Crippen molar-refractivity contribution < 1.29 is 4.79 Å². The molecule has 2 N–H and O–H groups in total. The second kappa shape index (κ2) is 8.24. The van der Waals surface area contributed by atoms with Gasteiger partial charge in [0.15, 0.2) is 0 Å². The summed E-state index contributed by atoms with van der Waals surface area (Å²) in [6.07, 6.45) is 7.86. The van der Waals surface area contributed by atoms with Crippen LogP contribution >= 0.6 is 0 Å². The van der Waals surface area contributed by atoms with E-state index in [2.05, 4.69) is 45.7 Å². The molecule has 0 aliphatic carbocycles. The lowest BCUT2D eigenvalue weighted by atomic mass is 9.83. The van der Waals surface area contributed by atoms with Crippen LogP contribution in [0.2, 0.25) is 0 Å². The normalized spacial score (nSPS) is 24.8. The van der Waals surface area contributed by atoms with E-state index in [-0.39, 0.29) is 18.0 Å². The molecule has 7 heteroatoms. The number of carbonyl (C=O) groups excluding carboxylic acids is 1. The van der Waals surface area contributed by atoms with Crippen LogP contribution in [0.15, 0.2) is 18.5 Å². The number of rotatable bonds is 4. The molecule has 0 saturated carbocycles. The zero-order chi connectivity index (χ0) is 20.5. The Hall–Kier alpha value is -2.25. The molecular weight excluding hydrogens is 364 g/mol. The fourth-order valence-electron chi connectivity index (χ4n) is 5.12. The first kappa shape index (κ1) is 20.0. The molecule has 4 heterocycles. The maximum Gasteiger partial charge on any atom is 0.272 e. The molecule has 29 heavy (non-hydrogen) atoms. The van der Waals surface area contributed by atoms with Crippen LogP contribution in [-0.4, -0.2) is 50.7 Å². The molecule has 0 aromatic carbocycles. The summed E-state index contributed by atoms with van der Waals surface area (Å²) in [6.45, 7) is 7.89. The molecule has 2 aromatic rings. The molecule has 2 saturated heterocycles. The van der Waals surface area contributed by atoms with Gasteiger partial charge < -0.3 is 4.90 Å². The predicted octanol–water partition coefficient (Wildman–Crippen LogP) is 2.25. The van der Waals surface area contributed by atoms with Gasteiger partial charge in [-0.25, -0.2) is 0 Å². The van der Waals surface area contributed by atoms with E-state index in [4.69, 9.17) is 0 Å². The summed E-state index contributed by atoms with van der Waals surface area (Å²) in [7, 11) is 1.89. The zero-order valence-corrected chi connectivity index (χ0v) is 17.9. The van der Waals surface area contributed by atoms with Gasteiger partial charge in [-0.1, -0.05) is 6.92 Å². The number of likely N-dealkylation sites (tertiary alicyclic amines) is 1. The second-order valence-corrected chi connectivity index (χ2v) is 8.35. The van der Waals surface area contributed by atoms with Crippen LogP contribution in [0.5, 0.6) is 0 Å². The smallest absolute Gasteiger partial charge is 0.272 e. The third-order valence-corrected chi connectivity index (χ3v) is 6.63. The van der Waals surface area contributed by atoms with Crippen LogP contribution in [0.3, 0.4) is 0 Å². The minimum atomic E-state index is 0.112. The fourth-order valence-corrected chi connectivity index (χ4v) is 5.12. The van der Waals surface area contributed by atoms with Crippen molar-refractivity contribution in [2.24, 2.45) is 7.05 Å². The van der Waals surface area contributed by atoms with Gasteiger partial charge in [0.25, 0.3) is 5.91 Å². The van der Waals surface area contributed by atoms with Crippen LogP contribution in [0, 0.1) is 13.8 Å². The highest BCUT2D eigenvalue weighted by atomic mass is 16.2. The molecule has 0 bridgehead atoms. The van der Waals surface area contributed by atoms with Crippen molar-refractivity contribution in [2.45, 2.75) is 64.5 Å². The highest BCUT2D eigenvalue weighted by Gasteiger charge is 2.41. The third kappa shape index (κ3) is 3.57. The molecule has 2 aromatic heterocycles. The van der Waals surface area contributed by atoms with Crippen molar-refractivity contribution in [1.82, 2.24) is 30.5 Å². The van der Waals surface area contributed by atoms with Gasteiger partial charge in [-0.3, -0.25) is 25.3 Å². The van der Waals surface area contributed by atoms with Gasteiger partial charge in [0.05, 0.1) is 5.69 Å².